The van der Waals surface area contributed by atoms with Crippen LogP contribution in [0, 0.1) is 5.92 Å². The molecular weight excluding hydrogens is 290 g/mol. The zero-order chi connectivity index (χ0) is 14.1. The minimum Gasteiger partial charge on any atom is -0.352 e. The van der Waals surface area contributed by atoms with E-state index in [1.165, 1.54) is 11.1 Å². The summed E-state index contributed by atoms with van der Waals surface area (Å²) in [4.78, 5) is 25.1. The maximum atomic E-state index is 12.0. The van der Waals surface area contributed by atoms with E-state index in [-0.39, 0.29) is 30.1 Å². The molecule has 2 aliphatic rings. The number of amides is 2. The van der Waals surface area contributed by atoms with Crippen molar-refractivity contribution in [3.63, 3.8) is 0 Å². The van der Waals surface area contributed by atoms with E-state index in [1.807, 2.05) is 0 Å². The molecule has 0 aliphatic carbocycles. The fourth-order valence-electron chi connectivity index (χ4n) is 2.83. The van der Waals surface area contributed by atoms with Crippen molar-refractivity contribution >= 4 is 24.2 Å². The molecule has 1 saturated heterocycles. The van der Waals surface area contributed by atoms with E-state index in [1.54, 1.807) is 11.9 Å². The average molecular weight is 310 g/mol. The van der Waals surface area contributed by atoms with Gasteiger partial charge in [0.05, 0.1) is 5.92 Å². The number of rotatable bonds is 3. The van der Waals surface area contributed by atoms with Gasteiger partial charge in [-0.2, -0.15) is 0 Å². The first-order chi connectivity index (χ1) is 9.63. The highest BCUT2D eigenvalue weighted by Gasteiger charge is 2.31. The summed E-state index contributed by atoms with van der Waals surface area (Å²) in [7, 11) is 1.74. The normalized spacial score (nSPS) is 20.1. The topological polar surface area (TPSA) is 61.4 Å². The lowest BCUT2D eigenvalue weighted by Crippen LogP contribution is -2.31. The Bertz CT molecular complexity index is 562. The summed E-state index contributed by atoms with van der Waals surface area (Å²) in [5, 5.41) is 6.24. The smallest absolute Gasteiger partial charge is 0.225 e. The molecule has 2 N–H and O–H groups in total. The Labute approximate surface area is 130 Å². The Balaban J connectivity index is 0.00000161. The zero-order valence-electron chi connectivity index (χ0n) is 12.0. The maximum absolute atomic E-state index is 12.0. The number of hydrogen-bond acceptors (Lipinski definition) is 3. The standard InChI is InChI=1S/C15H19N3O2.ClH/c1-18-9-13(5-14(18)19)15(20)17-6-10-2-3-11-7-16-8-12(11)4-10;/h2-4,13,16H,5-9H2,1H3,(H,17,20);1H. The van der Waals surface area contributed by atoms with Crippen LogP contribution in [0.1, 0.15) is 23.1 Å². The number of halogens is 1. The Morgan fingerprint density at radius 3 is 2.86 bits per heavy atom. The van der Waals surface area contributed by atoms with Gasteiger partial charge >= 0.3 is 0 Å². The Morgan fingerprint density at radius 2 is 2.14 bits per heavy atom. The zero-order valence-corrected chi connectivity index (χ0v) is 12.8. The lowest BCUT2D eigenvalue weighted by molar-refractivity contribution is -0.128. The molecule has 0 saturated carbocycles. The molecule has 2 heterocycles. The summed E-state index contributed by atoms with van der Waals surface area (Å²) in [5.74, 6) is -0.182. The highest BCUT2D eigenvalue weighted by molar-refractivity contribution is 5.89. The van der Waals surface area contributed by atoms with Gasteiger partial charge in [0.15, 0.2) is 0 Å². The largest absolute Gasteiger partial charge is 0.352 e. The highest BCUT2D eigenvalue weighted by atomic mass is 35.5. The predicted octanol–water partition coefficient (Wildman–Crippen LogP) is 0.806. The molecule has 1 aromatic rings. The van der Waals surface area contributed by atoms with Crippen molar-refractivity contribution in [2.45, 2.75) is 26.1 Å². The van der Waals surface area contributed by atoms with Crippen LogP contribution in [0.2, 0.25) is 0 Å². The molecule has 0 radical (unpaired) electrons. The maximum Gasteiger partial charge on any atom is 0.225 e. The summed E-state index contributed by atoms with van der Waals surface area (Å²) in [6.07, 6.45) is 0.330. The van der Waals surface area contributed by atoms with Crippen molar-refractivity contribution in [1.82, 2.24) is 15.5 Å². The molecule has 2 amide bonds. The fraction of sp³-hybridized carbons (Fsp3) is 0.467. The van der Waals surface area contributed by atoms with Crippen LogP contribution in [0.4, 0.5) is 0 Å². The summed E-state index contributed by atoms with van der Waals surface area (Å²) in [6, 6.07) is 6.31. The molecule has 2 aliphatic heterocycles. The molecule has 0 bridgehead atoms. The van der Waals surface area contributed by atoms with Crippen LogP contribution in [-0.4, -0.2) is 30.3 Å². The van der Waals surface area contributed by atoms with Crippen LogP contribution in [0.15, 0.2) is 18.2 Å². The first-order valence-electron chi connectivity index (χ1n) is 6.96. The van der Waals surface area contributed by atoms with Crippen molar-refractivity contribution in [3.05, 3.63) is 34.9 Å². The number of nitrogens with one attached hydrogen (secondary N) is 2. The third kappa shape index (κ3) is 3.36. The Morgan fingerprint density at radius 1 is 1.38 bits per heavy atom. The highest BCUT2D eigenvalue weighted by Crippen LogP contribution is 2.18. The Hall–Kier alpha value is -1.59. The molecule has 21 heavy (non-hydrogen) atoms. The first kappa shape index (κ1) is 15.8. The van der Waals surface area contributed by atoms with Gasteiger partial charge in [0, 0.05) is 39.6 Å². The van der Waals surface area contributed by atoms with Gasteiger partial charge in [0.1, 0.15) is 0 Å². The summed E-state index contributed by atoms with van der Waals surface area (Å²) >= 11 is 0. The van der Waals surface area contributed by atoms with E-state index in [9.17, 15) is 9.59 Å². The van der Waals surface area contributed by atoms with Crippen LogP contribution >= 0.6 is 12.4 Å². The third-order valence-electron chi connectivity index (χ3n) is 4.08. The SMILES string of the molecule is CN1CC(C(=O)NCc2ccc3c(c2)CNC3)CC1=O.Cl. The summed E-state index contributed by atoms with van der Waals surface area (Å²) in [6.45, 7) is 2.89. The molecule has 0 aromatic heterocycles. The fourth-order valence-corrected chi connectivity index (χ4v) is 2.83. The van der Waals surface area contributed by atoms with Gasteiger partial charge in [-0.1, -0.05) is 18.2 Å². The minimum atomic E-state index is -0.205. The molecule has 6 heteroatoms. The molecule has 1 atom stereocenters. The van der Waals surface area contributed by atoms with E-state index in [0.29, 0.717) is 19.5 Å². The van der Waals surface area contributed by atoms with Crippen molar-refractivity contribution < 1.29 is 9.59 Å². The van der Waals surface area contributed by atoms with E-state index in [4.69, 9.17) is 0 Å². The monoisotopic (exact) mass is 309 g/mol. The Kier molecular flexibility index (Phi) is 4.85. The molecule has 1 fully saturated rings. The molecule has 1 aromatic carbocycles. The van der Waals surface area contributed by atoms with Crippen molar-refractivity contribution in [2.24, 2.45) is 5.92 Å². The molecule has 5 nitrogen and oxygen atoms in total. The number of fused-ring (bicyclic) bond motifs is 1. The number of benzene rings is 1. The van der Waals surface area contributed by atoms with E-state index in [2.05, 4.69) is 28.8 Å². The van der Waals surface area contributed by atoms with Crippen LogP contribution in [0.25, 0.3) is 0 Å². The minimum absolute atomic E-state index is 0. The van der Waals surface area contributed by atoms with Crippen LogP contribution in [0.5, 0.6) is 0 Å². The van der Waals surface area contributed by atoms with Crippen LogP contribution in [0.3, 0.4) is 0 Å². The molecule has 1 unspecified atom stereocenters. The quantitative estimate of drug-likeness (QED) is 0.868. The third-order valence-corrected chi connectivity index (χ3v) is 4.08. The second-order valence-corrected chi connectivity index (χ2v) is 5.60. The second kappa shape index (κ2) is 6.45. The van der Waals surface area contributed by atoms with Crippen LogP contribution < -0.4 is 10.6 Å². The molecular formula is C15H20ClN3O2. The number of nitrogens with zero attached hydrogens (tertiary/aromatic N) is 1. The van der Waals surface area contributed by atoms with Gasteiger partial charge in [-0.3, -0.25) is 9.59 Å². The molecule has 0 spiro atoms. The van der Waals surface area contributed by atoms with E-state index < -0.39 is 0 Å². The van der Waals surface area contributed by atoms with Gasteiger partial charge in [0.25, 0.3) is 0 Å². The molecule has 3 rings (SSSR count). The lowest BCUT2D eigenvalue weighted by atomic mass is 10.1. The van der Waals surface area contributed by atoms with Gasteiger partial charge in [-0.05, 0) is 16.7 Å². The lowest BCUT2D eigenvalue weighted by Gasteiger charge is -2.11. The van der Waals surface area contributed by atoms with E-state index >= 15 is 0 Å². The number of carbonyl (C=O) groups is 2. The van der Waals surface area contributed by atoms with Crippen LogP contribution in [-0.2, 0) is 29.2 Å². The van der Waals surface area contributed by atoms with Crippen molar-refractivity contribution in [3.8, 4) is 0 Å². The number of hydrogen-bond donors (Lipinski definition) is 2. The summed E-state index contributed by atoms with van der Waals surface area (Å²) in [5.41, 5.74) is 3.76. The van der Waals surface area contributed by atoms with E-state index in [0.717, 1.165) is 18.7 Å². The van der Waals surface area contributed by atoms with Crippen molar-refractivity contribution in [2.75, 3.05) is 13.6 Å². The van der Waals surface area contributed by atoms with Crippen molar-refractivity contribution in [1.29, 1.82) is 0 Å². The van der Waals surface area contributed by atoms with Gasteiger partial charge in [0.2, 0.25) is 11.8 Å². The average Bonchev–Trinajstić information content (AvgIpc) is 3.03. The summed E-state index contributed by atoms with van der Waals surface area (Å²) < 4.78 is 0. The second-order valence-electron chi connectivity index (χ2n) is 5.60. The predicted molar refractivity (Wildman–Crippen MR) is 81.8 cm³/mol. The molecule has 114 valence electrons. The van der Waals surface area contributed by atoms with Gasteiger partial charge in [-0.15, -0.1) is 12.4 Å². The first-order valence-corrected chi connectivity index (χ1v) is 6.96. The van der Waals surface area contributed by atoms with Gasteiger partial charge < -0.3 is 15.5 Å². The number of likely N-dealkylation sites (tertiary alicyclic amines) is 1. The number of carbonyl (C=O) groups excluding carboxylic acids is 2. The van der Waals surface area contributed by atoms with Gasteiger partial charge in [-0.25, -0.2) is 0 Å².